The summed E-state index contributed by atoms with van der Waals surface area (Å²) in [6, 6.07) is 7.45. The number of nitrogens with one attached hydrogen (secondary N) is 2. The number of aromatic nitrogens is 2. The van der Waals surface area contributed by atoms with Gasteiger partial charge in [0.05, 0.1) is 35.9 Å². The van der Waals surface area contributed by atoms with Gasteiger partial charge in [-0.1, -0.05) is 17.7 Å². The van der Waals surface area contributed by atoms with Crippen molar-refractivity contribution in [2.24, 2.45) is 0 Å². The van der Waals surface area contributed by atoms with Crippen molar-refractivity contribution in [3.8, 4) is 0 Å². The van der Waals surface area contributed by atoms with E-state index in [9.17, 15) is 4.79 Å². The van der Waals surface area contributed by atoms with Crippen LogP contribution in [0, 0.1) is 13.8 Å². The van der Waals surface area contributed by atoms with Gasteiger partial charge >= 0.3 is 0 Å². The van der Waals surface area contributed by atoms with E-state index in [0.717, 1.165) is 16.8 Å². The van der Waals surface area contributed by atoms with Crippen molar-refractivity contribution in [1.29, 1.82) is 0 Å². The van der Waals surface area contributed by atoms with Crippen LogP contribution in [0.15, 0.2) is 47.3 Å². The van der Waals surface area contributed by atoms with Crippen molar-refractivity contribution in [2.75, 3.05) is 5.32 Å². The first-order chi connectivity index (χ1) is 12.0. The van der Waals surface area contributed by atoms with E-state index in [1.54, 1.807) is 18.4 Å². The Labute approximate surface area is 150 Å². The van der Waals surface area contributed by atoms with E-state index in [4.69, 9.17) is 16.0 Å². The number of amides is 1. The van der Waals surface area contributed by atoms with E-state index < -0.39 is 0 Å². The van der Waals surface area contributed by atoms with Gasteiger partial charge in [0.15, 0.2) is 0 Å². The summed E-state index contributed by atoms with van der Waals surface area (Å²) in [5.41, 5.74) is 3.09. The molecule has 0 unspecified atom stereocenters. The normalized spacial score (nSPS) is 10.5. The van der Waals surface area contributed by atoms with Gasteiger partial charge in [0.25, 0.3) is 5.91 Å². The lowest BCUT2D eigenvalue weighted by Gasteiger charge is -2.12. The van der Waals surface area contributed by atoms with Crippen molar-refractivity contribution in [3.05, 3.63) is 70.5 Å². The Balaban J connectivity index is 1.67. The standard InChI is InChI=1S/C18H17ClN4O2/c1-11-6-12(2)17(14(19)7-11)23-16-10-20-15(9-21-16)18(24)22-8-13-4-3-5-25-13/h3-7,9-10H,8H2,1-2H3,(H,21,23)(H,22,24). The molecular formula is C18H17ClN4O2. The van der Waals surface area contributed by atoms with Crippen molar-refractivity contribution in [2.45, 2.75) is 20.4 Å². The Hall–Kier alpha value is -2.86. The average Bonchev–Trinajstić information content (AvgIpc) is 3.10. The monoisotopic (exact) mass is 356 g/mol. The molecule has 0 aliphatic carbocycles. The lowest BCUT2D eigenvalue weighted by molar-refractivity contribution is 0.0942. The van der Waals surface area contributed by atoms with Crippen molar-refractivity contribution >= 4 is 29.0 Å². The fourth-order valence-corrected chi connectivity index (χ4v) is 2.75. The summed E-state index contributed by atoms with van der Waals surface area (Å²) in [7, 11) is 0. The van der Waals surface area contributed by atoms with E-state index in [-0.39, 0.29) is 11.6 Å². The van der Waals surface area contributed by atoms with Crippen molar-refractivity contribution < 1.29 is 9.21 Å². The van der Waals surface area contributed by atoms with Crippen LogP contribution in [-0.2, 0) is 6.54 Å². The number of carbonyl (C=O) groups is 1. The van der Waals surface area contributed by atoms with Gasteiger partial charge in [0.2, 0.25) is 0 Å². The van der Waals surface area contributed by atoms with Crippen LogP contribution in [0.1, 0.15) is 27.4 Å². The van der Waals surface area contributed by atoms with E-state index in [1.165, 1.54) is 12.4 Å². The average molecular weight is 357 g/mol. The predicted molar refractivity (Wildman–Crippen MR) is 96.1 cm³/mol. The lowest BCUT2D eigenvalue weighted by Crippen LogP contribution is -2.23. The van der Waals surface area contributed by atoms with Crippen LogP contribution >= 0.6 is 11.6 Å². The van der Waals surface area contributed by atoms with Crippen LogP contribution < -0.4 is 10.6 Å². The SMILES string of the molecule is Cc1cc(C)c(Nc2cnc(C(=O)NCc3ccco3)cn2)c(Cl)c1. The molecular weight excluding hydrogens is 340 g/mol. The molecule has 6 nitrogen and oxygen atoms in total. The summed E-state index contributed by atoms with van der Waals surface area (Å²) in [4.78, 5) is 20.4. The molecule has 0 atom stereocenters. The predicted octanol–water partition coefficient (Wildman–Crippen LogP) is 4.01. The maximum atomic E-state index is 12.1. The summed E-state index contributed by atoms with van der Waals surface area (Å²) < 4.78 is 5.16. The molecule has 0 aliphatic heterocycles. The van der Waals surface area contributed by atoms with E-state index in [2.05, 4.69) is 20.6 Å². The first-order valence-electron chi connectivity index (χ1n) is 7.69. The van der Waals surface area contributed by atoms with Crippen LogP contribution in [0.25, 0.3) is 0 Å². The number of hydrogen-bond donors (Lipinski definition) is 2. The second-order valence-corrected chi connectivity index (χ2v) is 6.02. The number of aryl methyl sites for hydroxylation is 2. The van der Waals surface area contributed by atoms with E-state index in [0.29, 0.717) is 23.1 Å². The van der Waals surface area contributed by atoms with Crippen LogP contribution in [0.5, 0.6) is 0 Å². The number of nitrogens with zero attached hydrogens (tertiary/aromatic N) is 2. The number of furan rings is 1. The minimum absolute atomic E-state index is 0.226. The number of rotatable bonds is 5. The zero-order valence-electron chi connectivity index (χ0n) is 13.8. The van der Waals surface area contributed by atoms with Crippen LogP contribution in [-0.4, -0.2) is 15.9 Å². The fourth-order valence-electron chi connectivity index (χ4n) is 2.38. The van der Waals surface area contributed by atoms with Gasteiger partial charge < -0.3 is 15.1 Å². The summed E-state index contributed by atoms with van der Waals surface area (Å²) in [5.74, 6) is 0.862. The van der Waals surface area contributed by atoms with Crippen molar-refractivity contribution in [3.63, 3.8) is 0 Å². The smallest absolute Gasteiger partial charge is 0.271 e. The van der Waals surface area contributed by atoms with Crippen LogP contribution in [0.4, 0.5) is 11.5 Å². The maximum Gasteiger partial charge on any atom is 0.271 e. The first-order valence-corrected chi connectivity index (χ1v) is 8.07. The number of benzene rings is 1. The minimum Gasteiger partial charge on any atom is -0.467 e. The zero-order chi connectivity index (χ0) is 17.8. The molecule has 0 fully saturated rings. The largest absolute Gasteiger partial charge is 0.467 e. The Morgan fingerprint density at radius 3 is 2.72 bits per heavy atom. The molecule has 0 aliphatic rings. The Bertz CT molecular complexity index is 854. The molecule has 0 spiro atoms. The Kier molecular flexibility index (Phi) is 5.00. The molecule has 7 heteroatoms. The molecule has 1 amide bonds. The van der Waals surface area contributed by atoms with Gasteiger partial charge in [0, 0.05) is 0 Å². The highest BCUT2D eigenvalue weighted by Gasteiger charge is 2.10. The maximum absolute atomic E-state index is 12.1. The van der Waals surface area contributed by atoms with Gasteiger partial charge in [-0.2, -0.15) is 0 Å². The van der Waals surface area contributed by atoms with E-state index in [1.807, 2.05) is 26.0 Å². The van der Waals surface area contributed by atoms with Crippen LogP contribution in [0.2, 0.25) is 5.02 Å². The summed E-state index contributed by atoms with van der Waals surface area (Å²) >= 11 is 6.27. The summed E-state index contributed by atoms with van der Waals surface area (Å²) in [5, 5.41) is 6.46. The molecule has 0 saturated heterocycles. The highest BCUT2D eigenvalue weighted by atomic mass is 35.5. The third-order valence-corrected chi connectivity index (χ3v) is 3.87. The second-order valence-electron chi connectivity index (χ2n) is 5.61. The molecule has 2 heterocycles. The number of carbonyl (C=O) groups excluding carboxylic acids is 1. The molecule has 3 aromatic rings. The number of anilines is 2. The van der Waals surface area contributed by atoms with Gasteiger partial charge in [0.1, 0.15) is 17.3 Å². The Morgan fingerprint density at radius 1 is 1.24 bits per heavy atom. The summed E-state index contributed by atoms with van der Waals surface area (Å²) in [6.45, 7) is 4.25. The lowest BCUT2D eigenvalue weighted by atomic mass is 10.1. The summed E-state index contributed by atoms with van der Waals surface area (Å²) in [6.07, 6.45) is 4.47. The molecule has 128 valence electrons. The highest BCUT2D eigenvalue weighted by molar-refractivity contribution is 6.33. The number of halogens is 1. The third kappa shape index (κ3) is 4.16. The fraction of sp³-hybridized carbons (Fsp3) is 0.167. The molecule has 0 radical (unpaired) electrons. The van der Waals surface area contributed by atoms with Gasteiger partial charge in [-0.15, -0.1) is 0 Å². The first kappa shape index (κ1) is 17.0. The van der Waals surface area contributed by atoms with Gasteiger partial charge in [-0.05, 0) is 43.2 Å². The molecule has 2 N–H and O–H groups in total. The second kappa shape index (κ2) is 7.36. The molecule has 1 aromatic carbocycles. The molecule has 3 rings (SSSR count). The van der Waals surface area contributed by atoms with E-state index >= 15 is 0 Å². The number of hydrogen-bond acceptors (Lipinski definition) is 5. The molecule has 0 bridgehead atoms. The zero-order valence-corrected chi connectivity index (χ0v) is 14.6. The molecule has 25 heavy (non-hydrogen) atoms. The Morgan fingerprint density at radius 2 is 2.08 bits per heavy atom. The highest BCUT2D eigenvalue weighted by Crippen LogP contribution is 2.29. The van der Waals surface area contributed by atoms with Crippen molar-refractivity contribution in [1.82, 2.24) is 15.3 Å². The van der Waals surface area contributed by atoms with Gasteiger partial charge in [-0.3, -0.25) is 4.79 Å². The van der Waals surface area contributed by atoms with Crippen LogP contribution in [0.3, 0.4) is 0 Å². The molecule has 2 aromatic heterocycles. The molecule has 0 saturated carbocycles. The van der Waals surface area contributed by atoms with Gasteiger partial charge in [-0.25, -0.2) is 9.97 Å². The third-order valence-electron chi connectivity index (χ3n) is 3.57. The minimum atomic E-state index is -0.319. The topological polar surface area (TPSA) is 80.0 Å². The quantitative estimate of drug-likeness (QED) is 0.721.